The number of benzene rings is 1. The van der Waals surface area contributed by atoms with Crippen molar-refractivity contribution in [1.29, 1.82) is 0 Å². The van der Waals surface area contributed by atoms with Gasteiger partial charge in [-0.2, -0.15) is 17.4 Å². The van der Waals surface area contributed by atoms with Gasteiger partial charge in [-0.15, -0.1) is 0 Å². The van der Waals surface area contributed by atoms with E-state index in [-0.39, 0.29) is 6.04 Å². The van der Waals surface area contributed by atoms with Crippen LogP contribution in [0.1, 0.15) is 44.1 Å². The van der Waals surface area contributed by atoms with Crippen molar-refractivity contribution in [3.8, 4) is 5.75 Å². The Morgan fingerprint density at radius 2 is 1.85 bits per heavy atom. The number of ether oxygens (including phenoxy) is 2. The Kier molecular flexibility index (Phi) is 9.09. The first kappa shape index (κ1) is 25.4. The Morgan fingerprint density at radius 1 is 1.09 bits per heavy atom. The van der Waals surface area contributed by atoms with Crippen LogP contribution in [0.15, 0.2) is 22.7 Å². The lowest BCUT2D eigenvalue weighted by Crippen LogP contribution is -2.50. The monoisotopic (exact) mass is 543 g/mol. The first-order valence-electron chi connectivity index (χ1n) is 12.3. The van der Waals surface area contributed by atoms with Gasteiger partial charge in [0.05, 0.1) is 20.3 Å². The van der Waals surface area contributed by atoms with Crippen molar-refractivity contribution in [2.45, 2.75) is 51.0 Å². The molecule has 1 atom stereocenters. The summed E-state index contributed by atoms with van der Waals surface area (Å²) < 4.78 is 41.5. The third-order valence-corrected chi connectivity index (χ3v) is 9.91. The van der Waals surface area contributed by atoms with E-state index in [0.29, 0.717) is 38.1 Å². The van der Waals surface area contributed by atoms with Crippen LogP contribution in [0.4, 0.5) is 0 Å². The molecule has 3 aliphatic rings. The van der Waals surface area contributed by atoms with E-state index in [1.807, 2.05) is 6.07 Å². The number of methoxy groups -OCH3 is 1. The molecular weight excluding hydrogens is 506 g/mol. The highest BCUT2D eigenvalue weighted by Crippen LogP contribution is 2.31. The molecule has 9 heteroatoms. The normalized spacial score (nSPS) is 27.6. The van der Waals surface area contributed by atoms with Gasteiger partial charge < -0.3 is 14.4 Å². The van der Waals surface area contributed by atoms with Crippen LogP contribution in [-0.2, 0) is 21.4 Å². The van der Waals surface area contributed by atoms with Gasteiger partial charge in [-0.1, -0.05) is 15.9 Å². The van der Waals surface area contributed by atoms with Crippen LogP contribution in [0.2, 0.25) is 0 Å². The minimum atomic E-state index is -3.38. The summed E-state index contributed by atoms with van der Waals surface area (Å²) in [5, 5.41) is 0. The topological polar surface area (TPSA) is 71.1 Å². The van der Waals surface area contributed by atoms with Crippen LogP contribution in [0.25, 0.3) is 0 Å². The summed E-state index contributed by atoms with van der Waals surface area (Å²) >= 11 is 3.69. The second kappa shape index (κ2) is 11.8. The van der Waals surface area contributed by atoms with Crippen LogP contribution < -0.4 is 9.46 Å². The molecule has 2 aliphatic heterocycles. The first-order valence-corrected chi connectivity index (χ1v) is 14.6. The summed E-state index contributed by atoms with van der Waals surface area (Å²) in [5.74, 6) is 2.32. The Morgan fingerprint density at radius 3 is 2.58 bits per heavy atom. The quantitative estimate of drug-likeness (QED) is 0.516. The summed E-state index contributed by atoms with van der Waals surface area (Å²) in [6, 6.07) is 6.31. The van der Waals surface area contributed by atoms with E-state index in [1.165, 1.54) is 40.3 Å². The summed E-state index contributed by atoms with van der Waals surface area (Å²) in [6.45, 7) is 5.39. The zero-order valence-corrected chi connectivity index (χ0v) is 22.1. The van der Waals surface area contributed by atoms with Gasteiger partial charge in [0.2, 0.25) is 0 Å². The fourth-order valence-electron chi connectivity index (χ4n) is 5.43. The van der Waals surface area contributed by atoms with E-state index in [2.05, 4.69) is 37.7 Å². The fourth-order valence-corrected chi connectivity index (χ4v) is 7.28. The third kappa shape index (κ3) is 7.15. The Labute approximate surface area is 207 Å². The van der Waals surface area contributed by atoms with E-state index < -0.39 is 10.2 Å². The van der Waals surface area contributed by atoms with E-state index >= 15 is 0 Å². The largest absolute Gasteiger partial charge is 0.497 e. The molecule has 1 unspecified atom stereocenters. The molecule has 33 heavy (non-hydrogen) atoms. The van der Waals surface area contributed by atoms with Gasteiger partial charge in [0.15, 0.2) is 0 Å². The third-order valence-electron chi connectivity index (χ3n) is 7.46. The maximum absolute atomic E-state index is 12.6. The van der Waals surface area contributed by atoms with Crippen LogP contribution in [0.3, 0.4) is 0 Å². The zero-order valence-electron chi connectivity index (χ0n) is 19.7. The van der Waals surface area contributed by atoms with Crippen molar-refractivity contribution < 1.29 is 17.9 Å². The van der Waals surface area contributed by atoms with Crippen LogP contribution in [-0.4, -0.2) is 76.7 Å². The molecule has 0 aromatic heterocycles. The van der Waals surface area contributed by atoms with Gasteiger partial charge in [0.1, 0.15) is 5.75 Å². The van der Waals surface area contributed by atoms with E-state index in [4.69, 9.17) is 9.47 Å². The van der Waals surface area contributed by atoms with E-state index in [0.717, 1.165) is 44.4 Å². The number of morpholine rings is 1. The number of hydrogen-bond acceptors (Lipinski definition) is 5. The molecule has 1 aliphatic carbocycles. The van der Waals surface area contributed by atoms with Gasteiger partial charge in [-0.05, 0) is 93.6 Å². The predicted octanol–water partition coefficient (Wildman–Crippen LogP) is 3.44. The average Bonchev–Trinajstić information content (AvgIpc) is 3.28. The highest BCUT2D eigenvalue weighted by atomic mass is 79.9. The molecule has 0 amide bonds. The number of nitrogens with zero attached hydrogens (tertiary/aromatic N) is 2. The molecule has 1 N–H and O–H groups in total. The standard InChI is InChI=1S/C24H38BrN3O4S/c1-31-23-6-7-24(25)21(17-23)16-20-9-11-27(18-20)10-8-19-2-4-22(5-3-19)26-33(29,30)28-12-14-32-15-13-28/h6-7,17,19-20,22,26H,2-5,8-16,18H2,1H3/t19-,20?,22-. The summed E-state index contributed by atoms with van der Waals surface area (Å²) in [7, 11) is -1.66. The summed E-state index contributed by atoms with van der Waals surface area (Å²) in [5.41, 5.74) is 1.33. The second-order valence-corrected chi connectivity index (χ2v) is 12.3. The number of likely N-dealkylation sites (tertiary alicyclic amines) is 1. The lowest BCUT2D eigenvalue weighted by atomic mass is 9.84. The van der Waals surface area contributed by atoms with Gasteiger partial charge in [0, 0.05) is 30.1 Å². The Hall–Kier alpha value is -0.710. The van der Waals surface area contributed by atoms with Gasteiger partial charge in [0.25, 0.3) is 10.2 Å². The molecule has 0 radical (unpaired) electrons. The van der Waals surface area contributed by atoms with Gasteiger partial charge in [-0.3, -0.25) is 0 Å². The number of hydrogen-bond donors (Lipinski definition) is 1. The molecule has 0 spiro atoms. The van der Waals surface area contributed by atoms with Gasteiger partial charge >= 0.3 is 0 Å². The lowest BCUT2D eigenvalue weighted by Gasteiger charge is -2.32. The smallest absolute Gasteiger partial charge is 0.279 e. The van der Waals surface area contributed by atoms with Crippen molar-refractivity contribution in [2.24, 2.45) is 11.8 Å². The maximum atomic E-state index is 12.6. The summed E-state index contributed by atoms with van der Waals surface area (Å²) in [4.78, 5) is 2.62. The van der Waals surface area contributed by atoms with Crippen molar-refractivity contribution in [1.82, 2.24) is 13.9 Å². The Bertz CT molecular complexity index is 870. The average molecular weight is 545 g/mol. The second-order valence-electron chi connectivity index (χ2n) is 9.76. The van der Waals surface area contributed by atoms with Crippen molar-refractivity contribution in [2.75, 3.05) is 53.0 Å². The van der Waals surface area contributed by atoms with Crippen molar-refractivity contribution >= 4 is 26.1 Å². The maximum Gasteiger partial charge on any atom is 0.279 e. The molecule has 4 rings (SSSR count). The van der Waals surface area contributed by atoms with Crippen molar-refractivity contribution in [3.05, 3.63) is 28.2 Å². The molecule has 1 aromatic carbocycles. The minimum absolute atomic E-state index is 0.0755. The van der Waals surface area contributed by atoms with Crippen molar-refractivity contribution in [3.63, 3.8) is 0 Å². The molecule has 186 valence electrons. The van der Waals surface area contributed by atoms with Crippen LogP contribution in [0.5, 0.6) is 5.75 Å². The molecular formula is C24H38BrN3O4S. The molecule has 2 saturated heterocycles. The van der Waals surface area contributed by atoms with E-state index in [1.54, 1.807) is 7.11 Å². The summed E-state index contributed by atoms with van der Waals surface area (Å²) in [6.07, 6.45) is 7.68. The van der Waals surface area contributed by atoms with Crippen LogP contribution >= 0.6 is 15.9 Å². The highest BCUT2D eigenvalue weighted by molar-refractivity contribution is 9.10. The SMILES string of the molecule is COc1ccc(Br)c(CC2CCN(CC[C@H]3CC[C@H](NS(=O)(=O)N4CCOCC4)CC3)C2)c1. The van der Waals surface area contributed by atoms with Gasteiger partial charge in [-0.25, -0.2) is 0 Å². The molecule has 7 nitrogen and oxygen atoms in total. The van der Waals surface area contributed by atoms with Crippen LogP contribution in [0, 0.1) is 11.8 Å². The molecule has 0 bridgehead atoms. The highest BCUT2D eigenvalue weighted by Gasteiger charge is 2.30. The number of halogens is 1. The molecule has 3 fully saturated rings. The predicted molar refractivity (Wildman–Crippen MR) is 134 cm³/mol. The van der Waals surface area contributed by atoms with E-state index in [9.17, 15) is 8.42 Å². The lowest BCUT2D eigenvalue weighted by molar-refractivity contribution is 0.0721. The zero-order chi connectivity index (χ0) is 23.3. The molecule has 1 aromatic rings. The minimum Gasteiger partial charge on any atom is -0.497 e. The first-order chi connectivity index (χ1) is 15.9. The number of nitrogens with one attached hydrogen (secondary N) is 1. The molecule has 1 saturated carbocycles. The fraction of sp³-hybridized carbons (Fsp3) is 0.750. The Balaban J connectivity index is 1.16. The number of rotatable bonds is 9. The molecule has 2 heterocycles.